The molecule has 0 aliphatic heterocycles. The van der Waals surface area contributed by atoms with Gasteiger partial charge in [0.15, 0.2) is 0 Å². The number of benzene rings is 1. The van der Waals surface area contributed by atoms with E-state index in [-0.39, 0.29) is 16.7 Å². The first-order valence-corrected chi connectivity index (χ1v) is 7.98. The highest BCUT2D eigenvalue weighted by molar-refractivity contribution is 7.89. The second-order valence-corrected chi connectivity index (χ2v) is 6.67. The summed E-state index contributed by atoms with van der Waals surface area (Å²) < 4.78 is 22.2. The zero-order valence-electron chi connectivity index (χ0n) is 11.2. The SMILES string of the molecule is NS(=O)(=O)c1ccc(NC(=O)C2CCC(C(=O)O)C2)cc1. The van der Waals surface area contributed by atoms with Gasteiger partial charge >= 0.3 is 5.97 Å². The normalized spacial score (nSPS) is 22.0. The van der Waals surface area contributed by atoms with E-state index >= 15 is 0 Å². The quantitative estimate of drug-likeness (QED) is 0.757. The van der Waals surface area contributed by atoms with Crippen molar-refractivity contribution in [3.63, 3.8) is 0 Å². The minimum absolute atomic E-state index is 0.0349. The van der Waals surface area contributed by atoms with Gasteiger partial charge in [0.25, 0.3) is 0 Å². The monoisotopic (exact) mass is 312 g/mol. The van der Waals surface area contributed by atoms with E-state index in [0.717, 1.165) is 0 Å². The van der Waals surface area contributed by atoms with Gasteiger partial charge in [-0.15, -0.1) is 0 Å². The van der Waals surface area contributed by atoms with Crippen LogP contribution in [0.15, 0.2) is 29.2 Å². The second kappa shape index (κ2) is 5.82. The number of aliphatic carboxylic acids is 1. The maximum Gasteiger partial charge on any atom is 0.306 e. The van der Waals surface area contributed by atoms with Gasteiger partial charge in [-0.1, -0.05) is 0 Å². The van der Waals surface area contributed by atoms with Crippen molar-refractivity contribution in [3.8, 4) is 0 Å². The molecule has 2 rings (SSSR count). The van der Waals surface area contributed by atoms with Crippen LogP contribution in [-0.2, 0) is 19.6 Å². The largest absolute Gasteiger partial charge is 0.481 e. The molecular weight excluding hydrogens is 296 g/mol. The molecule has 0 spiro atoms. The van der Waals surface area contributed by atoms with Gasteiger partial charge in [-0.2, -0.15) is 0 Å². The Labute approximate surface area is 122 Å². The van der Waals surface area contributed by atoms with E-state index in [2.05, 4.69) is 5.32 Å². The maximum atomic E-state index is 12.0. The number of carbonyl (C=O) groups is 2. The smallest absolute Gasteiger partial charge is 0.306 e. The number of carbonyl (C=O) groups excluding carboxylic acids is 1. The number of carboxylic acid groups (broad SMARTS) is 1. The van der Waals surface area contributed by atoms with Crippen LogP contribution in [0.3, 0.4) is 0 Å². The number of sulfonamides is 1. The van der Waals surface area contributed by atoms with Crippen LogP contribution in [-0.4, -0.2) is 25.4 Å². The molecule has 1 aliphatic carbocycles. The molecule has 4 N–H and O–H groups in total. The number of rotatable bonds is 4. The van der Waals surface area contributed by atoms with Crippen LogP contribution >= 0.6 is 0 Å². The number of nitrogens with two attached hydrogens (primary N) is 1. The van der Waals surface area contributed by atoms with Crippen LogP contribution < -0.4 is 10.5 Å². The number of hydrogen-bond acceptors (Lipinski definition) is 4. The van der Waals surface area contributed by atoms with Crippen molar-refractivity contribution in [1.29, 1.82) is 0 Å². The van der Waals surface area contributed by atoms with E-state index in [4.69, 9.17) is 10.2 Å². The van der Waals surface area contributed by atoms with Crippen molar-refractivity contribution >= 4 is 27.6 Å². The van der Waals surface area contributed by atoms with Crippen LogP contribution in [0, 0.1) is 11.8 Å². The van der Waals surface area contributed by atoms with E-state index < -0.39 is 21.9 Å². The molecule has 2 unspecified atom stereocenters. The van der Waals surface area contributed by atoms with Crippen molar-refractivity contribution in [2.24, 2.45) is 17.0 Å². The summed E-state index contributed by atoms with van der Waals surface area (Å²) in [6.07, 6.45) is 1.37. The van der Waals surface area contributed by atoms with Gasteiger partial charge in [0.2, 0.25) is 15.9 Å². The molecule has 0 heterocycles. The number of nitrogens with one attached hydrogen (secondary N) is 1. The molecule has 1 aliphatic rings. The lowest BCUT2D eigenvalue weighted by molar-refractivity contribution is -0.141. The first-order valence-electron chi connectivity index (χ1n) is 6.44. The summed E-state index contributed by atoms with van der Waals surface area (Å²) in [6, 6.07) is 5.50. The van der Waals surface area contributed by atoms with Crippen LogP contribution in [0.2, 0.25) is 0 Å². The van der Waals surface area contributed by atoms with Crippen LogP contribution in [0.4, 0.5) is 5.69 Å². The molecule has 1 amide bonds. The van der Waals surface area contributed by atoms with Crippen LogP contribution in [0.1, 0.15) is 19.3 Å². The fraction of sp³-hybridized carbons (Fsp3) is 0.385. The summed E-state index contributed by atoms with van der Waals surface area (Å²) in [7, 11) is -3.76. The third-order valence-electron chi connectivity index (χ3n) is 3.60. The van der Waals surface area contributed by atoms with Crippen molar-refractivity contribution in [3.05, 3.63) is 24.3 Å². The molecule has 0 aromatic heterocycles. The molecular formula is C13H16N2O5S. The molecule has 1 fully saturated rings. The summed E-state index contributed by atoms with van der Waals surface area (Å²) in [6.45, 7) is 0. The lowest BCUT2D eigenvalue weighted by atomic mass is 10.0. The topological polar surface area (TPSA) is 127 Å². The Kier molecular flexibility index (Phi) is 4.29. The summed E-state index contributed by atoms with van der Waals surface area (Å²) in [4.78, 5) is 22.8. The van der Waals surface area contributed by atoms with Gasteiger partial charge in [0, 0.05) is 11.6 Å². The average molecular weight is 312 g/mol. The lowest BCUT2D eigenvalue weighted by Gasteiger charge is -2.11. The fourth-order valence-corrected chi connectivity index (χ4v) is 2.93. The minimum Gasteiger partial charge on any atom is -0.481 e. The van der Waals surface area contributed by atoms with Gasteiger partial charge in [-0.3, -0.25) is 9.59 Å². The minimum atomic E-state index is -3.76. The molecule has 1 aromatic rings. The molecule has 2 atom stereocenters. The summed E-state index contributed by atoms with van der Waals surface area (Å²) >= 11 is 0. The molecule has 1 aromatic carbocycles. The molecule has 114 valence electrons. The van der Waals surface area contributed by atoms with Crippen molar-refractivity contribution in [2.75, 3.05) is 5.32 Å². The zero-order valence-corrected chi connectivity index (χ0v) is 12.0. The Bertz CT molecular complexity index is 654. The predicted molar refractivity (Wildman–Crippen MR) is 74.9 cm³/mol. The van der Waals surface area contributed by atoms with Crippen LogP contribution in [0.25, 0.3) is 0 Å². The van der Waals surface area contributed by atoms with E-state index in [0.29, 0.717) is 24.9 Å². The van der Waals surface area contributed by atoms with E-state index in [1.807, 2.05) is 0 Å². The first-order chi connectivity index (χ1) is 9.77. The number of amides is 1. The Balaban J connectivity index is 1.99. The maximum absolute atomic E-state index is 12.0. The van der Waals surface area contributed by atoms with Gasteiger partial charge in [-0.05, 0) is 43.5 Å². The first kappa shape index (κ1) is 15.5. The van der Waals surface area contributed by atoms with Gasteiger partial charge in [-0.25, -0.2) is 13.6 Å². The van der Waals surface area contributed by atoms with E-state index in [1.54, 1.807) is 0 Å². The van der Waals surface area contributed by atoms with Crippen LogP contribution in [0.5, 0.6) is 0 Å². The number of primary sulfonamides is 1. The Morgan fingerprint density at radius 3 is 2.19 bits per heavy atom. The lowest BCUT2D eigenvalue weighted by Crippen LogP contribution is -2.21. The molecule has 0 bridgehead atoms. The van der Waals surface area contributed by atoms with Gasteiger partial charge in [0.1, 0.15) is 0 Å². The highest BCUT2D eigenvalue weighted by atomic mass is 32.2. The number of carboxylic acids is 1. The Hall–Kier alpha value is -1.93. The van der Waals surface area contributed by atoms with Gasteiger partial charge < -0.3 is 10.4 Å². The third-order valence-corrected chi connectivity index (χ3v) is 4.53. The highest BCUT2D eigenvalue weighted by Gasteiger charge is 2.33. The standard InChI is InChI=1S/C13H16N2O5S/c14-21(19,20)11-5-3-10(4-6-11)15-12(16)8-1-2-9(7-8)13(17)18/h3-6,8-9H,1-2,7H2,(H,15,16)(H,17,18)(H2,14,19,20). The molecule has 8 heteroatoms. The van der Waals surface area contributed by atoms with Crippen molar-refractivity contribution < 1.29 is 23.1 Å². The molecule has 0 saturated heterocycles. The Morgan fingerprint density at radius 1 is 1.14 bits per heavy atom. The van der Waals surface area contributed by atoms with Gasteiger partial charge in [0.05, 0.1) is 10.8 Å². The highest BCUT2D eigenvalue weighted by Crippen LogP contribution is 2.31. The predicted octanol–water partition coefficient (Wildman–Crippen LogP) is 0.773. The molecule has 7 nitrogen and oxygen atoms in total. The number of anilines is 1. The average Bonchev–Trinajstić information content (AvgIpc) is 2.88. The zero-order chi connectivity index (χ0) is 15.6. The van der Waals surface area contributed by atoms with Crippen molar-refractivity contribution in [2.45, 2.75) is 24.2 Å². The van der Waals surface area contributed by atoms with E-state index in [1.165, 1.54) is 24.3 Å². The summed E-state index contributed by atoms with van der Waals surface area (Å²) in [5.74, 6) is -1.92. The Morgan fingerprint density at radius 2 is 1.71 bits per heavy atom. The number of hydrogen-bond donors (Lipinski definition) is 3. The van der Waals surface area contributed by atoms with Crippen molar-refractivity contribution in [1.82, 2.24) is 0 Å². The third kappa shape index (κ3) is 3.79. The summed E-state index contributed by atoms with van der Waals surface area (Å²) in [5.41, 5.74) is 0.450. The molecule has 21 heavy (non-hydrogen) atoms. The van der Waals surface area contributed by atoms with E-state index in [9.17, 15) is 18.0 Å². The second-order valence-electron chi connectivity index (χ2n) is 5.10. The molecule has 0 radical (unpaired) electrons. The summed E-state index contributed by atoms with van der Waals surface area (Å²) in [5, 5.41) is 16.5. The fourth-order valence-electron chi connectivity index (χ4n) is 2.42. The molecule has 1 saturated carbocycles.